The van der Waals surface area contributed by atoms with Crippen LogP contribution in [0, 0.1) is 11.3 Å². The van der Waals surface area contributed by atoms with E-state index in [0.717, 1.165) is 50.1 Å². The van der Waals surface area contributed by atoms with Crippen molar-refractivity contribution in [2.24, 2.45) is 11.3 Å². The summed E-state index contributed by atoms with van der Waals surface area (Å²) in [5.41, 5.74) is 4.88. The van der Waals surface area contributed by atoms with Crippen LogP contribution in [0.25, 0.3) is 0 Å². The molecule has 0 aromatic heterocycles. The third kappa shape index (κ3) is 1.82. The van der Waals surface area contributed by atoms with Crippen molar-refractivity contribution in [1.29, 1.82) is 0 Å². The number of benzene rings is 2. The van der Waals surface area contributed by atoms with Gasteiger partial charge in [-0.05, 0) is 74.4 Å². The second-order valence-corrected chi connectivity index (χ2v) is 10.2. The first-order valence-electron chi connectivity index (χ1n) is 11.3. The fourth-order valence-electron chi connectivity index (χ4n) is 7.86. The normalized spacial score (nSPS) is 34.5. The van der Waals surface area contributed by atoms with Crippen molar-refractivity contribution in [1.82, 2.24) is 4.90 Å². The van der Waals surface area contributed by atoms with Crippen LogP contribution in [-0.2, 0) is 29.5 Å². The van der Waals surface area contributed by atoms with Gasteiger partial charge in [-0.3, -0.25) is 4.79 Å². The minimum atomic E-state index is -0.368. The van der Waals surface area contributed by atoms with Gasteiger partial charge in [-0.25, -0.2) is 0 Å². The van der Waals surface area contributed by atoms with Crippen LogP contribution >= 0.6 is 0 Å². The van der Waals surface area contributed by atoms with Crippen LogP contribution in [0.3, 0.4) is 0 Å². The summed E-state index contributed by atoms with van der Waals surface area (Å²) in [6, 6.07) is 13.4. The van der Waals surface area contributed by atoms with Gasteiger partial charge < -0.3 is 14.4 Å². The molecule has 2 aliphatic heterocycles. The van der Waals surface area contributed by atoms with Crippen LogP contribution in [-0.4, -0.2) is 43.5 Å². The van der Waals surface area contributed by atoms with Crippen LogP contribution in [0.1, 0.15) is 35.1 Å². The summed E-state index contributed by atoms with van der Waals surface area (Å²) in [5.74, 6) is 2.43. The number of nitrogens with zero attached hydrogens (tertiary/aromatic N) is 1. The molecule has 1 saturated heterocycles. The number of ether oxygens (including phenoxy) is 2. The largest absolute Gasteiger partial charge is 0.493 e. The van der Waals surface area contributed by atoms with Crippen molar-refractivity contribution in [3.05, 3.63) is 58.7 Å². The highest BCUT2D eigenvalue weighted by Gasteiger charge is 2.70. The Bertz CT molecular complexity index is 1080. The first kappa shape index (κ1) is 17.4. The van der Waals surface area contributed by atoms with Gasteiger partial charge in [0.2, 0.25) is 0 Å². The Hall–Kier alpha value is -2.33. The standard InChI is InChI=1S/C26H27NO3/c1-27-10-9-26-18-14-25(12-16-5-3-4-6-17(16)13-25)23(28)24(26)30-22-20(29-2)8-7-15(21(22)26)11-19(18)27/h3-8,18-19,24H,9-14H2,1-2H3/t18-,19+,24-,26-/m0/s1. The van der Waals surface area contributed by atoms with Gasteiger partial charge in [-0.15, -0.1) is 0 Å². The fourth-order valence-corrected chi connectivity index (χ4v) is 7.86. The highest BCUT2D eigenvalue weighted by atomic mass is 16.5. The number of piperidine rings is 1. The topological polar surface area (TPSA) is 38.8 Å². The molecular weight excluding hydrogens is 374 g/mol. The molecule has 0 unspecified atom stereocenters. The molecule has 1 saturated carbocycles. The Balaban J connectivity index is 1.43. The Labute approximate surface area is 177 Å². The molecule has 4 atom stereocenters. The molecule has 2 aromatic carbocycles. The monoisotopic (exact) mass is 401 g/mol. The van der Waals surface area contributed by atoms with Gasteiger partial charge in [-0.2, -0.15) is 0 Å². The van der Waals surface area contributed by atoms with Crippen molar-refractivity contribution >= 4 is 5.78 Å². The Kier molecular flexibility index (Phi) is 3.17. The number of carbonyl (C=O) groups is 1. The molecule has 2 bridgehead atoms. The molecule has 4 nitrogen and oxygen atoms in total. The summed E-state index contributed by atoms with van der Waals surface area (Å²) in [6.07, 6.45) is 4.38. The van der Waals surface area contributed by atoms with Gasteiger partial charge in [0.05, 0.1) is 7.11 Å². The van der Waals surface area contributed by atoms with E-state index >= 15 is 0 Å². The van der Waals surface area contributed by atoms with Crippen LogP contribution in [0.5, 0.6) is 11.5 Å². The number of carbonyl (C=O) groups excluding carboxylic acids is 1. The van der Waals surface area contributed by atoms with Crippen molar-refractivity contribution in [2.75, 3.05) is 20.7 Å². The second-order valence-electron chi connectivity index (χ2n) is 10.2. The number of rotatable bonds is 1. The first-order chi connectivity index (χ1) is 14.6. The lowest BCUT2D eigenvalue weighted by Crippen LogP contribution is -2.69. The molecule has 0 amide bonds. The zero-order valence-electron chi connectivity index (χ0n) is 17.6. The van der Waals surface area contributed by atoms with E-state index in [0.29, 0.717) is 17.7 Å². The number of hydrogen-bond donors (Lipinski definition) is 0. The lowest BCUT2D eigenvalue weighted by atomic mass is 9.47. The van der Waals surface area contributed by atoms with Gasteiger partial charge in [-0.1, -0.05) is 30.3 Å². The van der Waals surface area contributed by atoms with Gasteiger partial charge in [0.15, 0.2) is 23.4 Å². The minimum Gasteiger partial charge on any atom is -0.493 e. The third-order valence-electron chi connectivity index (χ3n) is 9.14. The molecular formula is C26H27NO3. The third-order valence-corrected chi connectivity index (χ3v) is 9.14. The molecule has 2 fully saturated rings. The SMILES string of the molecule is COc1ccc2c3c1O[C@H]1C(=O)C4(Cc5ccccc5C4)C[C@H]4[C@@H](C2)N(C)CC[C@]314. The smallest absolute Gasteiger partial charge is 0.181 e. The van der Waals surface area contributed by atoms with E-state index in [2.05, 4.69) is 42.3 Å². The maximum Gasteiger partial charge on any atom is 0.181 e. The summed E-state index contributed by atoms with van der Waals surface area (Å²) >= 11 is 0. The molecule has 2 aromatic rings. The Morgan fingerprint density at radius 2 is 1.87 bits per heavy atom. The number of ketones is 1. The first-order valence-corrected chi connectivity index (χ1v) is 11.3. The van der Waals surface area contributed by atoms with Crippen molar-refractivity contribution in [2.45, 2.75) is 49.7 Å². The number of fused-ring (bicyclic) bond motifs is 1. The lowest BCUT2D eigenvalue weighted by Gasteiger charge is -2.60. The van der Waals surface area contributed by atoms with Crippen molar-refractivity contribution in [3.8, 4) is 11.5 Å². The van der Waals surface area contributed by atoms with E-state index in [-0.39, 0.29) is 16.9 Å². The van der Waals surface area contributed by atoms with Crippen LogP contribution in [0.2, 0.25) is 0 Å². The van der Waals surface area contributed by atoms with E-state index in [1.54, 1.807) is 7.11 Å². The highest BCUT2D eigenvalue weighted by Crippen LogP contribution is 2.66. The number of Topliss-reactive ketones (excluding diaryl/α,β-unsaturated/α-hetero) is 1. The molecule has 0 radical (unpaired) electrons. The van der Waals surface area contributed by atoms with E-state index in [9.17, 15) is 4.79 Å². The molecule has 4 heteroatoms. The van der Waals surface area contributed by atoms with E-state index in [1.165, 1.54) is 22.3 Å². The highest BCUT2D eigenvalue weighted by molar-refractivity contribution is 5.95. The zero-order valence-corrected chi connectivity index (χ0v) is 17.6. The summed E-state index contributed by atoms with van der Waals surface area (Å²) in [6.45, 7) is 1.03. The molecule has 2 heterocycles. The Morgan fingerprint density at radius 1 is 1.10 bits per heavy atom. The number of methoxy groups -OCH3 is 1. The number of likely N-dealkylation sites (N-methyl/N-ethyl adjacent to an activating group) is 1. The zero-order chi connectivity index (χ0) is 20.3. The summed E-state index contributed by atoms with van der Waals surface area (Å²) < 4.78 is 12.3. The molecule has 2 spiro atoms. The van der Waals surface area contributed by atoms with Crippen LogP contribution < -0.4 is 9.47 Å². The van der Waals surface area contributed by atoms with E-state index < -0.39 is 0 Å². The van der Waals surface area contributed by atoms with E-state index in [1.807, 2.05) is 6.07 Å². The average molecular weight is 402 g/mol. The quantitative estimate of drug-likeness (QED) is 0.735. The molecule has 5 aliphatic rings. The van der Waals surface area contributed by atoms with Crippen molar-refractivity contribution < 1.29 is 14.3 Å². The molecule has 3 aliphatic carbocycles. The predicted octanol–water partition coefficient (Wildman–Crippen LogP) is 3.33. The minimum absolute atomic E-state index is 0.175. The Morgan fingerprint density at radius 3 is 2.60 bits per heavy atom. The average Bonchev–Trinajstić information content (AvgIpc) is 3.29. The molecule has 154 valence electrons. The van der Waals surface area contributed by atoms with Crippen LogP contribution in [0.4, 0.5) is 0 Å². The number of likely N-dealkylation sites (tertiary alicyclic amines) is 1. The number of hydrogen-bond acceptors (Lipinski definition) is 4. The molecule has 30 heavy (non-hydrogen) atoms. The van der Waals surface area contributed by atoms with Gasteiger partial charge in [0.1, 0.15) is 0 Å². The maximum absolute atomic E-state index is 14.2. The summed E-state index contributed by atoms with van der Waals surface area (Å²) in [7, 11) is 3.97. The summed E-state index contributed by atoms with van der Waals surface area (Å²) in [4.78, 5) is 16.8. The van der Waals surface area contributed by atoms with Gasteiger partial charge in [0, 0.05) is 22.4 Å². The maximum atomic E-state index is 14.2. The van der Waals surface area contributed by atoms with E-state index in [4.69, 9.17) is 9.47 Å². The summed E-state index contributed by atoms with van der Waals surface area (Å²) in [5, 5.41) is 0. The predicted molar refractivity (Wildman–Crippen MR) is 113 cm³/mol. The fraction of sp³-hybridized carbons (Fsp3) is 0.500. The van der Waals surface area contributed by atoms with Crippen molar-refractivity contribution in [3.63, 3.8) is 0 Å². The molecule has 0 N–H and O–H groups in total. The lowest BCUT2D eigenvalue weighted by molar-refractivity contribution is -0.154. The second kappa shape index (κ2) is 5.47. The van der Waals surface area contributed by atoms with Gasteiger partial charge >= 0.3 is 0 Å². The molecule has 7 rings (SSSR count). The van der Waals surface area contributed by atoms with Gasteiger partial charge in [0.25, 0.3) is 0 Å². The van der Waals surface area contributed by atoms with Crippen LogP contribution in [0.15, 0.2) is 36.4 Å².